The number of hydrogen-bond acceptors (Lipinski definition) is 8. The van der Waals surface area contributed by atoms with E-state index in [1.807, 2.05) is 35.2 Å². The Morgan fingerprint density at radius 1 is 0.776 bits per heavy atom. The minimum atomic E-state index is -0.198. The van der Waals surface area contributed by atoms with Crippen LogP contribution in [0.5, 0.6) is 0 Å². The van der Waals surface area contributed by atoms with Gasteiger partial charge in [0.05, 0.1) is 18.3 Å². The fraction of sp³-hybridized carbons (Fsp3) is 0.857. The zero-order valence-electron chi connectivity index (χ0n) is 37.0. The third kappa shape index (κ3) is 12.0. The molecule has 5 rings (SSSR count). The van der Waals surface area contributed by atoms with E-state index in [-0.39, 0.29) is 55.1 Å². The quantitative estimate of drug-likeness (QED) is 0.0793. The van der Waals surface area contributed by atoms with E-state index in [2.05, 4.69) is 27.7 Å². The Labute approximate surface area is 352 Å². The highest BCUT2D eigenvalue weighted by atomic mass is 16.6. The number of aliphatic hydroxyl groups is 3. The molecule has 9 nitrogen and oxygen atoms in total. The molecule has 1 aromatic rings. The molecule has 0 spiro atoms. The van der Waals surface area contributed by atoms with Crippen LogP contribution in [0.2, 0.25) is 0 Å². The van der Waals surface area contributed by atoms with Crippen molar-refractivity contribution in [3.8, 4) is 0 Å². The summed E-state index contributed by atoms with van der Waals surface area (Å²) in [5, 5.41) is 28.9. The minimum Gasteiger partial charge on any atom is -0.445 e. The van der Waals surface area contributed by atoms with Crippen molar-refractivity contribution in [2.24, 2.45) is 46.3 Å². The van der Waals surface area contributed by atoms with Crippen LogP contribution in [0.4, 0.5) is 4.79 Å². The van der Waals surface area contributed by atoms with Gasteiger partial charge < -0.3 is 39.2 Å². The number of hydrogen-bond donors (Lipinski definition) is 3. The van der Waals surface area contributed by atoms with Gasteiger partial charge in [0.15, 0.2) is 0 Å². The van der Waals surface area contributed by atoms with E-state index in [1.165, 1.54) is 38.5 Å². The number of rotatable bonds is 26. The van der Waals surface area contributed by atoms with Crippen LogP contribution in [0, 0.1) is 46.3 Å². The zero-order chi connectivity index (χ0) is 41.4. The van der Waals surface area contributed by atoms with Crippen molar-refractivity contribution in [2.45, 2.75) is 168 Å². The molecular formula is C49H83NO8. The molecular weight excluding hydrogens is 731 g/mol. The van der Waals surface area contributed by atoms with Crippen molar-refractivity contribution in [3.05, 3.63) is 35.9 Å². The fourth-order valence-electron chi connectivity index (χ4n) is 12.5. The lowest BCUT2D eigenvalue weighted by molar-refractivity contribution is -0.228. The van der Waals surface area contributed by atoms with Gasteiger partial charge in [-0.3, -0.25) is 0 Å². The Morgan fingerprint density at radius 3 is 2.17 bits per heavy atom. The third-order valence-electron chi connectivity index (χ3n) is 15.7. The number of carbonyl (C=O) groups excluding carboxylic acids is 1. The van der Waals surface area contributed by atoms with Crippen molar-refractivity contribution < 1.29 is 39.1 Å². The molecule has 0 radical (unpaired) electrons. The number of fused-ring (bicyclic) bond motifs is 5. The highest BCUT2D eigenvalue weighted by molar-refractivity contribution is 5.67. The van der Waals surface area contributed by atoms with Gasteiger partial charge >= 0.3 is 6.09 Å². The molecule has 4 aliphatic carbocycles. The zero-order valence-corrected chi connectivity index (χ0v) is 37.0. The number of ether oxygens (including phenoxy) is 4. The number of nitrogens with zero attached hydrogens (tertiary/aromatic N) is 1. The predicted molar refractivity (Wildman–Crippen MR) is 230 cm³/mol. The molecule has 0 aliphatic heterocycles. The van der Waals surface area contributed by atoms with Crippen molar-refractivity contribution in [3.63, 3.8) is 0 Å². The Kier molecular flexibility index (Phi) is 19.6. The van der Waals surface area contributed by atoms with Crippen molar-refractivity contribution in [1.29, 1.82) is 0 Å². The summed E-state index contributed by atoms with van der Waals surface area (Å²) >= 11 is 0. The maximum absolute atomic E-state index is 13.5. The van der Waals surface area contributed by atoms with Crippen molar-refractivity contribution >= 4 is 6.09 Å². The number of aliphatic hydroxyl groups excluding tert-OH is 3. The average Bonchev–Trinajstić information content (AvgIpc) is 3.59. The molecule has 0 bridgehead atoms. The summed E-state index contributed by atoms with van der Waals surface area (Å²) in [5.41, 5.74) is 1.17. The molecule has 4 saturated carbocycles. The fourth-order valence-corrected chi connectivity index (χ4v) is 12.5. The SMILES string of the molecule is CCCCCCCCN(CCCC(C)[C@H]1CC[C@H]2C3C(OCCCO)C[C@@H]4C[C@H](OCCCO)CC[C@]4(C)[C@H]3C[C@H](OCCCO)[C@]12C)C(=O)OCc1ccccc1. The summed E-state index contributed by atoms with van der Waals surface area (Å²) in [4.78, 5) is 15.5. The average molecular weight is 814 g/mol. The van der Waals surface area contributed by atoms with Crippen molar-refractivity contribution in [2.75, 3.05) is 52.7 Å². The highest BCUT2D eigenvalue weighted by Crippen LogP contribution is 2.69. The number of carbonyl (C=O) groups is 1. The van der Waals surface area contributed by atoms with Gasteiger partial charge in [-0.05, 0) is 130 Å². The summed E-state index contributed by atoms with van der Waals surface area (Å²) in [5.74, 6) is 2.86. The molecule has 1 aromatic carbocycles. The summed E-state index contributed by atoms with van der Waals surface area (Å²) in [6, 6.07) is 9.98. The van der Waals surface area contributed by atoms with Crippen LogP contribution in [0.15, 0.2) is 30.3 Å². The van der Waals surface area contributed by atoms with Gasteiger partial charge in [0.1, 0.15) is 6.61 Å². The molecule has 0 aromatic heterocycles. The molecule has 11 atom stereocenters. The smallest absolute Gasteiger partial charge is 0.410 e. The summed E-state index contributed by atoms with van der Waals surface area (Å²) in [6.07, 6.45) is 19.1. The number of unbranched alkanes of at least 4 members (excludes halogenated alkanes) is 5. The lowest BCUT2D eigenvalue weighted by Crippen LogP contribution is -2.63. The largest absolute Gasteiger partial charge is 0.445 e. The molecule has 1 amide bonds. The number of amides is 1. The van der Waals surface area contributed by atoms with Crippen LogP contribution < -0.4 is 0 Å². The normalized spacial score (nSPS) is 32.3. The first-order chi connectivity index (χ1) is 28.2. The van der Waals surface area contributed by atoms with Gasteiger partial charge in [-0.25, -0.2) is 4.79 Å². The first kappa shape index (κ1) is 47.3. The van der Waals surface area contributed by atoms with E-state index in [9.17, 15) is 20.1 Å². The van der Waals surface area contributed by atoms with Crippen LogP contribution >= 0.6 is 0 Å². The van der Waals surface area contributed by atoms with Crippen LogP contribution in [-0.2, 0) is 25.6 Å². The monoisotopic (exact) mass is 814 g/mol. The van der Waals surface area contributed by atoms with Crippen LogP contribution in [0.1, 0.15) is 149 Å². The second-order valence-corrected chi connectivity index (χ2v) is 19.2. The summed E-state index contributed by atoms with van der Waals surface area (Å²) in [6.45, 7) is 13.8. The molecule has 58 heavy (non-hydrogen) atoms. The first-order valence-electron chi connectivity index (χ1n) is 23.8. The maximum Gasteiger partial charge on any atom is 0.410 e. The van der Waals surface area contributed by atoms with E-state index in [0.29, 0.717) is 87.7 Å². The standard InChI is InChI=1S/C49H83NO8/c1-5-6-7-8-9-13-25-50(47(54)58-36-38-19-11-10-12-20-38)26-14-18-37(2)41-21-22-42-46-43(35-45(49(41,42)4)57-32-17-29-53)48(3)24-23-40(55-30-15-27-51)33-39(48)34-44(46)56-31-16-28-52/h10-12,19-20,37,39-46,51-53H,5-9,13-18,21-36H2,1-4H3/t37?,39-,40+,41+,42-,43-,44?,45-,46?,48-,49+/m0/s1. The molecule has 3 unspecified atom stereocenters. The topological polar surface area (TPSA) is 118 Å². The van der Waals surface area contributed by atoms with Gasteiger partial charge in [0.2, 0.25) is 0 Å². The Hall–Kier alpha value is -1.75. The van der Waals surface area contributed by atoms with E-state index in [0.717, 1.165) is 69.9 Å². The Bertz CT molecular complexity index is 1300. The van der Waals surface area contributed by atoms with Crippen LogP contribution in [0.3, 0.4) is 0 Å². The second kappa shape index (κ2) is 24.0. The third-order valence-corrected chi connectivity index (χ3v) is 15.7. The molecule has 332 valence electrons. The maximum atomic E-state index is 13.5. The van der Waals surface area contributed by atoms with Gasteiger partial charge in [0, 0.05) is 58.1 Å². The molecule has 0 saturated heterocycles. The predicted octanol–water partition coefficient (Wildman–Crippen LogP) is 9.58. The second-order valence-electron chi connectivity index (χ2n) is 19.2. The first-order valence-corrected chi connectivity index (χ1v) is 23.8. The highest BCUT2D eigenvalue weighted by Gasteiger charge is 2.66. The van der Waals surface area contributed by atoms with Crippen LogP contribution in [0.25, 0.3) is 0 Å². The Morgan fingerprint density at radius 2 is 1.45 bits per heavy atom. The van der Waals surface area contributed by atoms with Crippen LogP contribution in [-0.4, -0.2) is 97.4 Å². The minimum absolute atomic E-state index is 0.0186. The molecule has 4 aliphatic rings. The van der Waals surface area contributed by atoms with E-state index in [1.54, 1.807) is 0 Å². The van der Waals surface area contributed by atoms with Gasteiger partial charge in [-0.2, -0.15) is 0 Å². The molecule has 9 heteroatoms. The Balaban J connectivity index is 1.30. The van der Waals surface area contributed by atoms with E-state index < -0.39 is 0 Å². The number of benzene rings is 1. The molecule has 0 heterocycles. The van der Waals surface area contributed by atoms with Gasteiger partial charge in [0.25, 0.3) is 0 Å². The van der Waals surface area contributed by atoms with E-state index >= 15 is 0 Å². The molecule has 4 fully saturated rings. The summed E-state index contributed by atoms with van der Waals surface area (Å²) in [7, 11) is 0. The van der Waals surface area contributed by atoms with E-state index in [4.69, 9.17) is 18.9 Å². The van der Waals surface area contributed by atoms with Gasteiger partial charge in [-0.1, -0.05) is 90.1 Å². The van der Waals surface area contributed by atoms with Crippen molar-refractivity contribution in [1.82, 2.24) is 4.90 Å². The van der Waals surface area contributed by atoms with Gasteiger partial charge in [-0.15, -0.1) is 0 Å². The lowest BCUT2D eigenvalue weighted by Gasteiger charge is -2.65. The lowest BCUT2D eigenvalue weighted by atomic mass is 9.43. The summed E-state index contributed by atoms with van der Waals surface area (Å²) < 4.78 is 26.0. The molecule has 3 N–H and O–H groups in total.